The van der Waals surface area contributed by atoms with Gasteiger partial charge in [0.15, 0.2) is 11.4 Å². The number of para-hydroxylation sites is 2. The molecule has 24 heavy (non-hydrogen) atoms. The number of carbonyl (C=O) groups excluding carboxylic acids is 1. The highest BCUT2D eigenvalue weighted by Crippen LogP contribution is 2.29. The van der Waals surface area contributed by atoms with E-state index >= 15 is 0 Å². The van der Waals surface area contributed by atoms with Gasteiger partial charge in [0.2, 0.25) is 5.95 Å². The Bertz CT molecular complexity index is 987. The molecule has 4 aromatic rings. The number of aromatic nitrogens is 4. The molecule has 7 nitrogen and oxygen atoms in total. The molecule has 2 heterocycles. The summed E-state index contributed by atoms with van der Waals surface area (Å²) in [4.78, 5) is 19.6. The first-order valence-electron chi connectivity index (χ1n) is 7.31. The van der Waals surface area contributed by atoms with Crippen molar-refractivity contribution in [1.29, 1.82) is 0 Å². The summed E-state index contributed by atoms with van der Waals surface area (Å²) in [5.74, 6) is -0.424. The number of nitrogens with one attached hydrogen (secondary N) is 3. The molecule has 0 saturated carbocycles. The average Bonchev–Trinajstić information content (AvgIpc) is 3.18. The van der Waals surface area contributed by atoms with E-state index in [0.29, 0.717) is 17.2 Å². The van der Waals surface area contributed by atoms with Crippen LogP contribution in [0.15, 0.2) is 54.6 Å². The highest BCUT2D eigenvalue weighted by atomic mass is 16.3. The second kappa shape index (κ2) is 5.54. The Kier molecular flexibility index (Phi) is 3.24. The summed E-state index contributed by atoms with van der Waals surface area (Å²) in [5, 5.41) is 19.5. The maximum atomic E-state index is 12.4. The zero-order valence-corrected chi connectivity index (χ0v) is 12.4. The van der Waals surface area contributed by atoms with Gasteiger partial charge in [0.25, 0.3) is 5.91 Å². The van der Waals surface area contributed by atoms with Crippen LogP contribution in [-0.2, 0) is 0 Å². The average molecular weight is 319 g/mol. The quantitative estimate of drug-likeness (QED) is 0.466. The van der Waals surface area contributed by atoms with E-state index < -0.39 is 5.91 Å². The van der Waals surface area contributed by atoms with Gasteiger partial charge < -0.3 is 10.1 Å². The third-order valence-electron chi connectivity index (χ3n) is 3.64. The normalized spacial score (nSPS) is 10.8. The fraction of sp³-hybridized carbons (Fsp3) is 0. The van der Waals surface area contributed by atoms with Crippen LogP contribution in [0.5, 0.6) is 5.75 Å². The lowest BCUT2D eigenvalue weighted by atomic mass is 10.1. The predicted molar refractivity (Wildman–Crippen MR) is 89.7 cm³/mol. The molecule has 118 valence electrons. The number of H-pyrrole nitrogens is 2. The number of imidazole rings is 1. The predicted octanol–water partition coefficient (Wildman–Crippen LogP) is 2.91. The van der Waals surface area contributed by atoms with E-state index in [2.05, 4.69) is 25.5 Å². The summed E-state index contributed by atoms with van der Waals surface area (Å²) in [6.45, 7) is 0. The van der Waals surface area contributed by atoms with Gasteiger partial charge in [0, 0.05) is 5.56 Å². The lowest BCUT2D eigenvalue weighted by Gasteiger charge is -2.00. The van der Waals surface area contributed by atoms with E-state index in [4.69, 9.17) is 0 Å². The molecular formula is C17H13N5O2. The molecule has 1 amide bonds. The molecule has 0 atom stereocenters. The van der Waals surface area contributed by atoms with Gasteiger partial charge in [-0.2, -0.15) is 5.10 Å². The third-order valence-corrected chi connectivity index (χ3v) is 3.64. The van der Waals surface area contributed by atoms with E-state index in [1.807, 2.05) is 42.5 Å². The Morgan fingerprint density at radius 3 is 2.58 bits per heavy atom. The van der Waals surface area contributed by atoms with Crippen LogP contribution in [0.4, 0.5) is 5.95 Å². The van der Waals surface area contributed by atoms with Crippen molar-refractivity contribution in [2.24, 2.45) is 0 Å². The maximum absolute atomic E-state index is 12.4. The summed E-state index contributed by atoms with van der Waals surface area (Å²) in [6.07, 6.45) is 0. The second-order valence-corrected chi connectivity index (χ2v) is 5.22. The molecule has 0 aliphatic rings. The number of nitrogens with zero attached hydrogens (tertiary/aromatic N) is 2. The smallest absolute Gasteiger partial charge is 0.279 e. The fourth-order valence-corrected chi connectivity index (χ4v) is 2.47. The van der Waals surface area contributed by atoms with E-state index in [-0.39, 0.29) is 11.4 Å². The minimum Gasteiger partial charge on any atom is -0.504 e. The summed E-state index contributed by atoms with van der Waals surface area (Å²) < 4.78 is 0. The lowest BCUT2D eigenvalue weighted by molar-refractivity contribution is 0.101. The van der Waals surface area contributed by atoms with Crippen molar-refractivity contribution in [2.75, 3.05) is 5.32 Å². The standard InChI is InChI=1S/C17H13N5O2/c23-15-13(10-6-2-1-3-7-10)21-22-14(15)16(24)20-17-18-11-8-4-5-9-12(11)19-17/h1-9,23H,(H,21,22)(H2,18,19,20,24). The van der Waals surface area contributed by atoms with Crippen molar-refractivity contribution in [3.63, 3.8) is 0 Å². The molecule has 4 rings (SSSR count). The fourth-order valence-electron chi connectivity index (χ4n) is 2.47. The van der Waals surface area contributed by atoms with Gasteiger partial charge in [0.1, 0.15) is 5.69 Å². The van der Waals surface area contributed by atoms with Crippen molar-refractivity contribution in [3.05, 3.63) is 60.3 Å². The van der Waals surface area contributed by atoms with E-state index in [1.54, 1.807) is 12.1 Å². The van der Waals surface area contributed by atoms with Gasteiger partial charge in [-0.15, -0.1) is 0 Å². The molecule has 2 aromatic carbocycles. The Hall–Kier alpha value is -3.61. The summed E-state index contributed by atoms with van der Waals surface area (Å²) in [5.41, 5.74) is 2.58. The number of aromatic hydroxyl groups is 1. The zero-order valence-electron chi connectivity index (χ0n) is 12.4. The molecule has 0 radical (unpaired) electrons. The number of carbonyl (C=O) groups is 1. The summed E-state index contributed by atoms with van der Waals surface area (Å²) >= 11 is 0. The molecule has 0 spiro atoms. The number of benzene rings is 2. The number of aromatic amines is 2. The number of amides is 1. The largest absolute Gasteiger partial charge is 0.504 e. The van der Waals surface area contributed by atoms with Crippen molar-refractivity contribution < 1.29 is 9.90 Å². The van der Waals surface area contributed by atoms with Gasteiger partial charge >= 0.3 is 0 Å². The molecular weight excluding hydrogens is 306 g/mol. The number of fused-ring (bicyclic) bond motifs is 1. The molecule has 7 heteroatoms. The Balaban J connectivity index is 1.62. The highest BCUT2D eigenvalue weighted by molar-refractivity contribution is 6.05. The molecule has 0 aliphatic carbocycles. The molecule has 4 N–H and O–H groups in total. The van der Waals surface area contributed by atoms with Crippen molar-refractivity contribution in [3.8, 4) is 17.0 Å². The topological polar surface area (TPSA) is 107 Å². The monoisotopic (exact) mass is 319 g/mol. The maximum Gasteiger partial charge on any atom is 0.279 e. The number of hydrogen-bond donors (Lipinski definition) is 4. The van der Waals surface area contributed by atoms with Gasteiger partial charge in [-0.05, 0) is 12.1 Å². The SMILES string of the molecule is O=C(Nc1nc2ccccc2[nH]1)c1[nH]nc(-c2ccccc2)c1O. The van der Waals surface area contributed by atoms with Crippen LogP contribution >= 0.6 is 0 Å². The molecule has 0 aliphatic heterocycles. The minimum atomic E-state index is -0.527. The first-order valence-corrected chi connectivity index (χ1v) is 7.31. The number of rotatable bonds is 3. The van der Waals surface area contributed by atoms with Crippen molar-refractivity contribution in [2.45, 2.75) is 0 Å². The minimum absolute atomic E-state index is 0.0192. The summed E-state index contributed by atoms with van der Waals surface area (Å²) in [7, 11) is 0. The summed E-state index contributed by atoms with van der Waals surface area (Å²) in [6, 6.07) is 16.6. The van der Waals surface area contributed by atoms with E-state index in [0.717, 1.165) is 11.0 Å². The van der Waals surface area contributed by atoms with Gasteiger partial charge in [-0.3, -0.25) is 15.2 Å². The van der Waals surface area contributed by atoms with Crippen molar-refractivity contribution >= 4 is 22.9 Å². The number of anilines is 1. The lowest BCUT2D eigenvalue weighted by Crippen LogP contribution is -2.13. The van der Waals surface area contributed by atoms with E-state index in [1.165, 1.54) is 0 Å². The molecule has 0 bridgehead atoms. The van der Waals surface area contributed by atoms with Crippen LogP contribution in [0.3, 0.4) is 0 Å². The third kappa shape index (κ3) is 2.38. The zero-order chi connectivity index (χ0) is 16.5. The molecule has 0 fully saturated rings. The van der Waals surface area contributed by atoms with Gasteiger partial charge in [-0.1, -0.05) is 42.5 Å². The first-order chi connectivity index (χ1) is 11.7. The highest BCUT2D eigenvalue weighted by Gasteiger charge is 2.20. The Morgan fingerprint density at radius 2 is 1.79 bits per heavy atom. The van der Waals surface area contributed by atoms with Gasteiger partial charge in [-0.25, -0.2) is 4.98 Å². The molecule has 0 saturated heterocycles. The Morgan fingerprint density at radius 1 is 1.04 bits per heavy atom. The second-order valence-electron chi connectivity index (χ2n) is 5.22. The van der Waals surface area contributed by atoms with Gasteiger partial charge in [0.05, 0.1) is 11.0 Å². The van der Waals surface area contributed by atoms with Crippen LogP contribution in [0, 0.1) is 0 Å². The molecule has 0 unspecified atom stereocenters. The number of hydrogen-bond acceptors (Lipinski definition) is 4. The Labute approximate surface area is 136 Å². The van der Waals surface area contributed by atoms with Crippen LogP contribution in [0.25, 0.3) is 22.3 Å². The van der Waals surface area contributed by atoms with Crippen LogP contribution in [0.2, 0.25) is 0 Å². The van der Waals surface area contributed by atoms with Crippen molar-refractivity contribution in [1.82, 2.24) is 20.2 Å². The van der Waals surface area contributed by atoms with Crippen LogP contribution < -0.4 is 5.32 Å². The van der Waals surface area contributed by atoms with Crippen LogP contribution in [0.1, 0.15) is 10.5 Å². The first kappa shape index (κ1) is 14.0. The van der Waals surface area contributed by atoms with E-state index in [9.17, 15) is 9.90 Å². The van der Waals surface area contributed by atoms with Crippen LogP contribution in [-0.4, -0.2) is 31.2 Å². The molecule has 2 aromatic heterocycles.